The first kappa shape index (κ1) is 13.9. The minimum Gasteiger partial charge on any atom is -0.421 e. The predicted octanol–water partition coefficient (Wildman–Crippen LogP) is 3.73. The van der Waals surface area contributed by atoms with Gasteiger partial charge in [0, 0.05) is 28.1 Å². The van der Waals surface area contributed by atoms with Crippen LogP contribution >= 0.6 is 23.2 Å². The van der Waals surface area contributed by atoms with Crippen molar-refractivity contribution >= 4 is 23.2 Å². The number of nitrogens with one attached hydrogen (secondary N) is 1. The lowest BCUT2D eigenvalue weighted by Gasteiger charge is -1.99. The van der Waals surface area contributed by atoms with Crippen LogP contribution in [-0.2, 0) is 6.42 Å². The maximum absolute atomic E-state index is 5.96. The normalized spacial score (nSPS) is 14.7. The van der Waals surface area contributed by atoms with E-state index in [9.17, 15) is 0 Å². The van der Waals surface area contributed by atoms with E-state index < -0.39 is 0 Å². The highest BCUT2D eigenvalue weighted by Crippen LogP contribution is 2.26. The molecule has 0 atom stereocenters. The smallest absolute Gasteiger partial charge is 0.247 e. The van der Waals surface area contributed by atoms with Crippen LogP contribution in [-0.4, -0.2) is 22.8 Å². The zero-order chi connectivity index (χ0) is 13.9. The van der Waals surface area contributed by atoms with Crippen molar-refractivity contribution < 1.29 is 4.42 Å². The molecule has 0 spiro atoms. The lowest BCUT2D eigenvalue weighted by molar-refractivity contribution is 0.491. The standard InChI is InChI=1S/C14H15Cl2N3O/c15-10-6-9(7-11(16)8-10)14-19-18-13(20-14)2-1-5-17-12-3-4-12/h6-8,12,17H,1-5H2. The molecule has 3 rings (SSSR count). The minimum atomic E-state index is 0.458. The minimum absolute atomic E-state index is 0.458. The van der Waals surface area contributed by atoms with Gasteiger partial charge in [-0.3, -0.25) is 0 Å². The van der Waals surface area contributed by atoms with Gasteiger partial charge in [0.25, 0.3) is 0 Å². The molecule has 106 valence electrons. The molecule has 0 saturated heterocycles. The van der Waals surface area contributed by atoms with E-state index in [-0.39, 0.29) is 0 Å². The van der Waals surface area contributed by atoms with Crippen LogP contribution in [0.5, 0.6) is 0 Å². The second-order valence-electron chi connectivity index (χ2n) is 4.99. The largest absolute Gasteiger partial charge is 0.421 e. The number of halogens is 2. The number of rotatable bonds is 6. The second kappa shape index (κ2) is 6.12. The van der Waals surface area contributed by atoms with Crippen molar-refractivity contribution in [3.8, 4) is 11.5 Å². The molecule has 1 N–H and O–H groups in total. The summed E-state index contributed by atoms with van der Waals surface area (Å²) in [6, 6.07) is 5.94. The third kappa shape index (κ3) is 3.72. The van der Waals surface area contributed by atoms with Crippen LogP contribution in [0.15, 0.2) is 22.6 Å². The van der Waals surface area contributed by atoms with E-state index in [2.05, 4.69) is 15.5 Å². The van der Waals surface area contributed by atoms with E-state index in [0.717, 1.165) is 31.0 Å². The van der Waals surface area contributed by atoms with E-state index in [1.54, 1.807) is 18.2 Å². The molecule has 1 aliphatic rings. The molecule has 0 unspecified atom stereocenters. The van der Waals surface area contributed by atoms with Gasteiger partial charge in [-0.2, -0.15) is 0 Å². The fraction of sp³-hybridized carbons (Fsp3) is 0.429. The summed E-state index contributed by atoms with van der Waals surface area (Å²) in [4.78, 5) is 0. The maximum atomic E-state index is 5.96. The second-order valence-corrected chi connectivity index (χ2v) is 5.86. The Balaban J connectivity index is 1.60. The molecule has 0 aliphatic heterocycles. The van der Waals surface area contributed by atoms with Crippen LogP contribution in [0.3, 0.4) is 0 Å². The molecule has 20 heavy (non-hydrogen) atoms. The number of aryl methyl sites for hydroxylation is 1. The molecule has 1 fully saturated rings. The van der Waals surface area contributed by atoms with Gasteiger partial charge in [0.2, 0.25) is 11.8 Å². The van der Waals surface area contributed by atoms with Crippen LogP contribution in [0, 0.1) is 0 Å². The molecular formula is C14H15Cl2N3O. The van der Waals surface area contributed by atoms with Crippen molar-refractivity contribution in [3.05, 3.63) is 34.1 Å². The molecule has 1 aliphatic carbocycles. The molecular weight excluding hydrogens is 297 g/mol. The first-order chi connectivity index (χ1) is 9.70. The molecule has 1 heterocycles. The van der Waals surface area contributed by atoms with Gasteiger partial charge in [0.05, 0.1) is 0 Å². The monoisotopic (exact) mass is 311 g/mol. The summed E-state index contributed by atoms with van der Waals surface area (Å²) in [5, 5.41) is 12.7. The fourth-order valence-corrected chi connectivity index (χ4v) is 2.51. The Hall–Kier alpha value is -1.10. The highest BCUT2D eigenvalue weighted by atomic mass is 35.5. The van der Waals surface area contributed by atoms with Crippen molar-refractivity contribution in [2.75, 3.05) is 6.54 Å². The van der Waals surface area contributed by atoms with Crippen LogP contribution in [0.4, 0.5) is 0 Å². The molecule has 2 aromatic rings. The molecule has 4 nitrogen and oxygen atoms in total. The number of hydrogen-bond acceptors (Lipinski definition) is 4. The number of hydrogen-bond donors (Lipinski definition) is 1. The summed E-state index contributed by atoms with van der Waals surface area (Å²) in [7, 11) is 0. The number of benzene rings is 1. The van der Waals surface area contributed by atoms with Crippen LogP contribution in [0.1, 0.15) is 25.2 Å². The van der Waals surface area contributed by atoms with E-state index in [1.165, 1.54) is 12.8 Å². The summed E-state index contributed by atoms with van der Waals surface area (Å²) in [6.45, 7) is 0.991. The highest BCUT2D eigenvalue weighted by Gasteiger charge is 2.19. The van der Waals surface area contributed by atoms with Crippen molar-refractivity contribution in [3.63, 3.8) is 0 Å². The Kier molecular flexibility index (Phi) is 4.24. The van der Waals surface area contributed by atoms with Gasteiger partial charge in [-0.1, -0.05) is 23.2 Å². The molecule has 0 radical (unpaired) electrons. The van der Waals surface area contributed by atoms with E-state index >= 15 is 0 Å². The summed E-state index contributed by atoms with van der Waals surface area (Å²) < 4.78 is 5.64. The van der Waals surface area contributed by atoms with Gasteiger partial charge >= 0.3 is 0 Å². The zero-order valence-corrected chi connectivity index (χ0v) is 12.4. The lowest BCUT2D eigenvalue weighted by Crippen LogP contribution is -2.17. The van der Waals surface area contributed by atoms with Crippen LogP contribution < -0.4 is 5.32 Å². The summed E-state index contributed by atoms with van der Waals surface area (Å²) in [6.07, 6.45) is 4.38. The quantitative estimate of drug-likeness (QED) is 0.826. The van der Waals surface area contributed by atoms with Gasteiger partial charge in [-0.15, -0.1) is 10.2 Å². The highest BCUT2D eigenvalue weighted by molar-refractivity contribution is 6.35. The van der Waals surface area contributed by atoms with Gasteiger partial charge in [-0.25, -0.2) is 0 Å². The van der Waals surface area contributed by atoms with Gasteiger partial charge in [0.15, 0.2) is 0 Å². The molecule has 1 saturated carbocycles. The lowest BCUT2D eigenvalue weighted by atomic mass is 10.2. The van der Waals surface area contributed by atoms with E-state index in [1.807, 2.05) is 0 Å². The molecule has 0 amide bonds. The van der Waals surface area contributed by atoms with Gasteiger partial charge in [0.1, 0.15) is 0 Å². The zero-order valence-electron chi connectivity index (χ0n) is 10.9. The Labute approximate surface area is 127 Å². The maximum Gasteiger partial charge on any atom is 0.247 e. The number of aromatic nitrogens is 2. The van der Waals surface area contributed by atoms with Crippen molar-refractivity contribution in [1.29, 1.82) is 0 Å². The molecule has 6 heteroatoms. The van der Waals surface area contributed by atoms with E-state index in [4.69, 9.17) is 27.6 Å². The van der Waals surface area contributed by atoms with Crippen LogP contribution in [0.25, 0.3) is 11.5 Å². The third-order valence-electron chi connectivity index (χ3n) is 3.15. The van der Waals surface area contributed by atoms with Gasteiger partial charge in [-0.05, 0) is 44.0 Å². The third-order valence-corrected chi connectivity index (χ3v) is 3.59. The summed E-state index contributed by atoms with van der Waals surface area (Å²) in [5.74, 6) is 1.10. The van der Waals surface area contributed by atoms with E-state index in [0.29, 0.717) is 21.8 Å². The number of nitrogens with zero attached hydrogens (tertiary/aromatic N) is 2. The van der Waals surface area contributed by atoms with Crippen molar-refractivity contribution in [1.82, 2.24) is 15.5 Å². The van der Waals surface area contributed by atoms with Gasteiger partial charge < -0.3 is 9.73 Å². The Morgan fingerprint density at radius 2 is 1.90 bits per heavy atom. The van der Waals surface area contributed by atoms with Crippen molar-refractivity contribution in [2.24, 2.45) is 0 Å². The topological polar surface area (TPSA) is 51.0 Å². The Bertz CT molecular complexity index is 576. The first-order valence-electron chi connectivity index (χ1n) is 6.73. The van der Waals surface area contributed by atoms with Crippen LogP contribution in [0.2, 0.25) is 10.0 Å². The van der Waals surface area contributed by atoms with Crippen molar-refractivity contribution in [2.45, 2.75) is 31.7 Å². The SMILES string of the molecule is Clc1cc(Cl)cc(-c2nnc(CCCNC3CC3)o2)c1. The average Bonchev–Trinajstić information content (AvgIpc) is 3.10. The molecule has 0 bridgehead atoms. The summed E-state index contributed by atoms with van der Waals surface area (Å²) in [5.41, 5.74) is 0.748. The Morgan fingerprint density at radius 3 is 2.60 bits per heavy atom. The molecule has 1 aromatic carbocycles. The summed E-state index contributed by atoms with van der Waals surface area (Å²) >= 11 is 11.9. The first-order valence-corrected chi connectivity index (χ1v) is 7.48. The average molecular weight is 312 g/mol. The predicted molar refractivity (Wildman–Crippen MR) is 79.1 cm³/mol. The Morgan fingerprint density at radius 1 is 1.15 bits per heavy atom. The fourth-order valence-electron chi connectivity index (χ4n) is 1.98. The molecule has 1 aromatic heterocycles.